The van der Waals surface area contributed by atoms with Crippen molar-refractivity contribution in [2.75, 3.05) is 5.43 Å². The summed E-state index contributed by atoms with van der Waals surface area (Å²) in [4.78, 5) is 4.58. The first kappa shape index (κ1) is 20.3. The van der Waals surface area contributed by atoms with Crippen LogP contribution in [0, 0.1) is 6.92 Å². The number of ether oxygens (including phenoxy) is 1. The fourth-order valence-corrected chi connectivity index (χ4v) is 3.67. The molecule has 30 heavy (non-hydrogen) atoms. The van der Waals surface area contributed by atoms with Gasteiger partial charge in [-0.1, -0.05) is 57.9 Å². The number of rotatable bonds is 7. The summed E-state index contributed by atoms with van der Waals surface area (Å²) >= 11 is 4.97. The number of hydrogen-bond donors (Lipinski definition) is 1. The van der Waals surface area contributed by atoms with Crippen LogP contribution in [-0.2, 0) is 6.61 Å². The number of halogens is 1. The van der Waals surface area contributed by atoms with Gasteiger partial charge in [-0.2, -0.15) is 5.10 Å². The summed E-state index contributed by atoms with van der Waals surface area (Å²) in [5.74, 6) is 0.825. The molecule has 4 rings (SSSR count). The molecular weight excluding hydrogens is 458 g/mol. The van der Waals surface area contributed by atoms with Crippen molar-refractivity contribution in [2.45, 2.75) is 13.5 Å². The lowest BCUT2D eigenvalue weighted by atomic mass is 10.1. The Kier molecular flexibility index (Phi) is 6.57. The normalized spacial score (nSPS) is 11.0. The van der Waals surface area contributed by atoms with Gasteiger partial charge in [0, 0.05) is 15.4 Å². The van der Waals surface area contributed by atoms with Crippen LogP contribution in [-0.4, -0.2) is 11.2 Å². The number of nitrogens with zero attached hydrogens (tertiary/aromatic N) is 2. The van der Waals surface area contributed by atoms with Gasteiger partial charge in [-0.05, 0) is 54.4 Å². The molecule has 0 aliphatic rings. The molecule has 0 aliphatic carbocycles. The quantitative estimate of drug-likeness (QED) is 0.232. The summed E-state index contributed by atoms with van der Waals surface area (Å²) in [6.07, 6.45) is 1.77. The molecule has 1 aromatic heterocycles. The highest BCUT2D eigenvalue weighted by Gasteiger charge is 2.03. The van der Waals surface area contributed by atoms with Gasteiger partial charge in [-0.25, -0.2) is 4.98 Å². The van der Waals surface area contributed by atoms with E-state index in [1.807, 2.05) is 53.9 Å². The fourth-order valence-electron chi connectivity index (χ4n) is 2.74. The number of aromatic nitrogens is 1. The van der Waals surface area contributed by atoms with E-state index in [0.717, 1.165) is 37.7 Å². The maximum absolute atomic E-state index is 5.83. The maximum Gasteiger partial charge on any atom is 0.203 e. The maximum atomic E-state index is 5.83. The first-order chi connectivity index (χ1) is 14.7. The highest BCUT2D eigenvalue weighted by molar-refractivity contribution is 9.10. The Morgan fingerprint density at radius 2 is 1.73 bits per heavy atom. The molecule has 0 aliphatic heterocycles. The average molecular weight is 478 g/mol. The van der Waals surface area contributed by atoms with Gasteiger partial charge in [-0.15, -0.1) is 11.3 Å². The second-order valence-electron chi connectivity index (χ2n) is 6.76. The van der Waals surface area contributed by atoms with Crippen molar-refractivity contribution in [2.24, 2.45) is 5.10 Å². The standard InChI is InChI=1S/C24H20BrN3OS/c1-17-2-8-20(9-3-17)23-16-30-24(27-23)28-26-14-18-6-12-22(13-7-18)29-15-19-4-10-21(25)11-5-19/h2-14,16H,15H2,1H3,(H,27,28)/b26-14-. The SMILES string of the molecule is Cc1ccc(-c2csc(N/N=C\c3ccc(OCc4ccc(Br)cc4)cc3)n2)cc1. The molecule has 4 nitrogen and oxygen atoms in total. The zero-order valence-corrected chi connectivity index (χ0v) is 18.8. The fraction of sp³-hybridized carbons (Fsp3) is 0.0833. The van der Waals surface area contributed by atoms with E-state index in [1.54, 1.807) is 6.21 Å². The van der Waals surface area contributed by atoms with Crippen LogP contribution in [0.3, 0.4) is 0 Å². The van der Waals surface area contributed by atoms with Crippen LogP contribution in [0.2, 0.25) is 0 Å². The first-order valence-electron chi connectivity index (χ1n) is 9.45. The molecule has 150 valence electrons. The summed E-state index contributed by atoms with van der Waals surface area (Å²) < 4.78 is 6.89. The van der Waals surface area contributed by atoms with Crippen LogP contribution in [0.4, 0.5) is 5.13 Å². The molecular formula is C24H20BrN3OS. The topological polar surface area (TPSA) is 46.5 Å². The highest BCUT2D eigenvalue weighted by atomic mass is 79.9. The van der Waals surface area contributed by atoms with Crippen molar-refractivity contribution in [3.05, 3.63) is 99.3 Å². The van der Waals surface area contributed by atoms with Gasteiger partial charge >= 0.3 is 0 Å². The molecule has 3 aromatic carbocycles. The number of anilines is 1. The van der Waals surface area contributed by atoms with E-state index in [4.69, 9.17) is 4.74 Å². The van der Waals surface area contributed by atoms with E-state index >= 15 is 0 Å². The summed E-state index contributed by atoms with van der Waals surface area (Å²) in [6.45, 7) is 2.61. The van der Waals surface area contributed by atoms with E-state index in [0.29, 0.717) is 6.61 Å². The predicted molar refractivity (Wildman–Crippen MR) is 128 cm³/mol. The van der Waals surface area contributed by atoms with E-state index in [-0.39, 0.29) is 0 Å². The number of nitrogens with one attached hydrogen (secondary N) is 1. The van der Waals surface area contributed by atoms with Gasteiger partial charge < -0.3 is 4.74 Å². The summed E-state index contributed by atoms with van der Waals surface area (Å²) in [5.41, 5.74) is 8.40. The minimum absolute atomic E-state index is 0.537. The number of hydrazone groups is 1. The summed E-state index contributed by atoms with van der Waals surface area (Å²) in [7, 11) is 0. The van der Waals surface area contributed by atoms with Gasteiger partial charge in [0.2, 0.25) is 5.13 Å². The summed E-state index contributed by atoms with van der Waals surface area (Å²) in [6, 6.07) is 24.3. The van der Waals surface area contributed by atoms with Crippen molar-refractivity contribution in [3.63, 3.8) is 0 Å². The molecule has 1 N–H and O–H groups in total. The molecule has 0 amide bonds. The molecule has 0 saturated heterocycles. The van der Waals surface area contributed by atoms with Crippen molar-refractivity contribution in [1.82, 2.24) is 4.98 Å². The third kappa shape index (κ3) is 5.55. The molecule has 4 aromatic rings. The van der Waals surface area contributed by atoms with Crippen molar-refractivity contribution in [3.8, 4) is 17.0 Å². The molecule has 0 saturated carbocycles. The number of thiazole rings is 1. The monoisotopic (exact) mass is 477 g/mol. The third-order valence-corrected chi connectivity index (χ3v) is 5.70. The van der Waals surface area contributed by atoms with Crippen LogP contribution < -0.4 is 10.2 Å². The predicted octanol–water partition coefficient (Wildman–Crippen LogP) is 6.91. The largest absolute Gasteiger partial charge is 0.489 e. The zero-order chi connectivity index (χ0) is 20.8. The van der Waals surface area contributed by atoms with Gasteiger partial charge in [0.1, 0.15) is 12.4 Å². The van der Waals surface area contributed by atoms with Crippen molar-refractivity contribution >= 4 is 38.6 Å². The Morgan fingerprint density at radius 3 is 2.47 bits per heavy atom. The van der Waals surface area contributed by atoms with E-state index in [1.165, 1.54) is 16.9 Å². The van der Waals surface area contributed by atoms with E-state index in [9.17, 15) is 0 Å². The molecule has 6 heteroatoms. The molecule has 0 spiro atoms. The smallest absolute Gasteiger partial charge is 0.203 e. The molecule has 0 atom stereocenters. The first-order valence-corrected chi connectivity index (χ1v) is 11.1. The van der Waals surface area contributed by atoms with Crippen LogP contribution >= 0.6 is 27.3 Å². The Morgan fingerprint density at radius 1 is 1.00 bits per heavy atom. The average Bonchev–Trinajstić information content (AvgIpc) is 3.24. The highest BCUT2D eigenvalue weighted by Crippen LogP contribution is 2.25. The van der Waals surface area contributed by atoms with Gasteiger partial charge in [0.25, 0.3) is 0 Å². The zero-order valence-electron chi connectivity index (χ0n) is 16.4. The number of aryl methyl sites for hydroxylation is 1. The molecule has 1 heterocycles. The van der Waals surface area contributed by atoms with E-state index < -0.39 is 0 Å². The van der Waals surface area contributed by atoms with Crippen LogP contribution in [0.15, 0.2) is 87.8 Å². The second-order valence-corrected chi connectivity index (χ2v) is 8.53. The Balaban J connectivity index is 1.30. The van der Waals surface area contributed by atoms with Crippen molar-refractivity contribution < 1.29 is 4.74 Å². The van der Waals surface area contributed by atoms with Crippen LogP contribution in [0.25, 0.3) is 11.3 Å². The number of hydrogen-bond acceptors (Lipinski definition) is 5. The van der Waals surface area contributed by atoms with Crippen molar-refractivity contribution in [1.29, 1.82) is 0 Å². The number of benzene rings is 3. The van der Waals surface area contributed by atoms with Gasteiger partial charge in [-0.3, -0.25) is 5.43 Å². The Hall–Kier alpha value is -2.96. The van der Waals surface area contributed by atoms with Crippen LogP contribution in [0.1, 0.15) is 16.7 Å². The second kappa shape index (κ2) is 9.69. The Bertz CT molecular complexity index is 1120. The molecule has 0 radical (unpaired) electrons. The molecule has 0 unspecified atom stereocenters. The minimum atomic E-state index is 0.537. The van der Waals surface area contributed by atoms with Gasteiger partial charge in [0.15, 0.2) is 0 Å². The summed E-state index contributed by atoms with van der Waals surface area (Å²) in [5, 5.41) is 7.08. The van der Waals surface area contributed by atoms with Gasteiger partial charge in [0.05, 0.1) is 11.9 Å². The third-order valence-electron chi connectivity index (χ3n) is 4.42. The molecule has 0 bridgehead atoms. The molecule has 0 fully saturated rings. The Labute approximate surface area is 188 Å². The lowest BCUT2D eigenvalue weighted by Gasteiger charge is -2.06. The van der Waals surface area contributed by atoms with E-state index in [2.05, 4.69) is 62.6 Å². The lowest BCUT2D eigenvalue weighted by molar-refractivity contribution is 0.306. The lowest BCUT2D eigenvalue weighted by Crippen LogP contribution is -1.95. The minimum Gasteiger partial charge on any atom is -0.489 e. The van der Waals surface area contributed by atoms with Crippen LogP contribution in [0.5, 0.6) is 5.75 Å².